The topological polar surface area (TPSA) is 64.6 Å². The fraction of sp³-hybridized carbons (Fsp3) is 0.533. The van der Waals surface area contributed by atoms with Crippen molar-refractivity contribution in [2.24, 2.45) is 0 Å². The van der Waals surface area contributed by atoms with Crippen LogP contribution < -0.4 is 14.8 Å². The van der Waals surface area contributed by atoms with Gasteiger partial charge in [0.1, 0.15) is 18.5 Å². The first kappa shape index (κ1) is 17.1. The van der Waals surface area contributed by atoms with E-state index in [1.807, 2.05) is 6.92 Å². The molecule has 1 aliphatic heterocycles. The molecule has 0 spiro atoms. The van der Waals surface area contributed by atoms with Crippen molar-refractivity contribution in [2.75, 3.05) is 19.8 Å². The fourth-order valence-electron chi connectivity index (χ4n) is 2.05. The van der Waals surface area contributed by atoms with Crippen LogP contribution in [0.1, 0.15) is 25.8 Å². The molecule has 0 aromatic heterocycles. The number of carbonyl (C=O) groups excluding carboxylic acids is 1. The summed E-state index contributed by atoms with van der Waals surface area (Å²) >= 11 is 6.16. The van der Waals surface area contributed by atoms with E-state index in [0.717, 1.165) is 12.0 Å². The Morgan fingerprint density at radius 1 is 1.41 bits per heavy atom. The van der Waals surface area contributed by atoms with Crippen LogP contribution in [0.4, 0.5) is 0 Å². The maximum atomic E-state index is 12.3. The van der Waals surface area contributed by atoms with E-state index in [1.54, 1.807) is 19.1 Å². The molecule has 1 aromatic carbocycles. The second-order valence-electron chi connectivity index (χ2n) is 5.06. The summed E-state index contributed by atoms with van der Waals surface area (Å²) in [4.78, 5) is 11.9. The van der Waals surface area contributed by atoms with Crippen LogP contribution in [0.3, 0.4) is 0 Å². The Hall–Kier alpha value is -1.27. The fourth-order valence-corrected chi connectivity index (χ4v) is 3.40. The van der Waals surface area contributed by atoms with Crippen molar-refractivity contribution in [1.29, 1.82) is 0 Å². The predicted molar refractivity (Wildman–Crippen MR) is 87.1 cm³/mol. The van der Waals surface area contributed by atoms with Crippen LogP contribution in [0.15, 0.2) is 12.1 Å². The van der Waals surface area contributed by atoms with E-state index in [1.165, 1.54) is 0 Å². The van der Waals surface area contributed by atoms with Crippen LogP contribution in [-0.4, -0.2) is 35.1 Å². The van der Waals surface area contributed by atoms with Crippen molar-refractivity contribution < 1.29 is 18.5 Å². The summed E-state index contributed by atoms with van der Waals surface area (Å²) in [5, 5.41) is 2.62. The number of halogens is 1. The third-order valence-electron chi connectivity index (χ3n) is 3.28. The molecule has 7 heteroatoms. The van der Waals surface area contributed by atoms with Crippen LogP contribution >= 0.6 is 11.6 Å². The summed E-state index contributed by atoms with van der Waals surface area (Å²) in [6, 6.07) is 3.48. The van der Waals surface area contributed by atoms with Crippen molar-refractivity contribution in [1.82, 2.24) is 5.32 Å². The van der Waals surface area contributed by atoms with E-state index in [0.29, 0.717) is 36.3 Å². The van der Waals surface area contributed by atoms with E-state index >= 15 is 0 Å². The van der Waals surface area contributed by atoms with Crippen LogP contribution in [0, 0.1) is 0 Å². The largest absolute Gasteiger partial charge is 0.486 e. The average molecular weight is 346 g/mol. The third-order valence-corrected chi connectivity index (χ3v) is 5.18. The number of rotatable bonds is 6. The summed E-state index contributed by atoms with van der Waals surface area (Å²) in [5.41, 5.74) is 0.766. The van der Waals surface area contributed by atoms with Gasteiger partial charge in [-0.2, -0.15) is 0 Å². The molecule has 22 heavy (non-hydrogen) atoms. The average Bonchev–Trinajstić information content (AvgIpc) is 2.51. The Bertz CT molecular complexity index is 579. The Morgan fingerprint density at radius 3 is 2.86 bits per heavy atom. The van der Waals surface area contributed by atoms with Crippen molar-refractivity contribution in [3.8, 4) is 11.5 Å². The second-order valence-corrected chi connectivity index (χ2v) is 7.22. The maximum Gasteiger partial charge on any atom is 0.235 e. The molecule has 0 saturated carbocycles. The van der Waals surface area contributed by atoms with Gasteiger partial charge in [0.05, 0.1) is 5.02 Å². The molecule has 2 atom stereocenters. The summed E-state index contributed by atoms with van der Waals surface area (Å²) in [6.07, 6.45) is 0.850. The molecule has 0 fully saturated rings. The highest BCUT2D eigenvalue weighted by Crippen LogP contribution is 2.38. The molecule has 2 rings (SSSR count). The highest BCUT2D eigenvalue weighted by Gasteiger charge is 2.22. The molecule has 1 amide bonds. The number of benzene rings is 1. The lowest BCUT2D eigenvalue weighted by Gasteiger charge is -2.20. The smallest absolute Gasteiger partial charge is 0.235 e. The standard InChI is InChI=1S/C15H20ClNO4S/c1-3-4-17-15(18)10(2)22(19)9-11-7-12(16)14-13(8-11)20-5-6-21-14/h7-8,10H,3-6,9H2,1-2H3,(H,17,18). The van der Waals surface area contributed by atoms with Gasteiger partial charge in [-0.25, -0.2) is 0 Å². The van der Waals surface area contributed by atoms with Gasteiger partial charge in [-0.05, 0) is 31.0 Å². The number of amides is 1. The van der Waals surface area contributed by atoms with Gasteiger partial charge in [0.2, 0.25) is 5.91 Å². The number of fused-ring (bicyclic) bond motifs is 1. The van der Waals surface area contributed by atoms with Gasteiger partial charge in [-0.15, -0.1) is 0 Å². The molecule has 1 aromatic rings. The first-order valence-corrected chi connectivity index (χ1v) is 9.01. The van der Waals surface area contributed by atoms with Crippen LogP contribution in [0.25, 0.3) is 0 Å². The van der Waals surface area contributed by atoms with Crippen LogP contribution in [-0.2, 0) is 21.3 Å². The lowest BCUT2D eigenvalue weighted by atomic mass is 10.2. The van der Waals surface area contributed by atoms with Gasteiger partial charge in [-0.1, -0.05) is 18.5 Å². The summed E-state index contributed by atoms with van der Waals surface area (Å²) < 4.78 is 23.3. The second kappa shape index (κ2) is 7.83. The zero-order valence-corrected chi connectivity index (χ0v) is 14.3. The lowest BCUT2D eigenvalue weighted by Crippen LogP contribution is -2.36. The van der Waals surface area contributed by atoms with E-state index in [-0.39, 0.29) is 11.7 Å². The number of ether oxygens (including phenoxy) is 2. The summed E-state index contributed by atoms with van der Waals surface area (Å²) in [7, 11) is -1.33. The molecule has 0 saturated heterocycles. The minimum absolute atomic E-state index is 0.191. The summed E-state index contributed by atoms with van der Waals surface area (Å²) in [6.45, 7) is 5.16. The van der Waals surface area contributed by atoms with Crippen molar-refractivity contribution >= 4 is 28.3 Å². The molecular weight excluding hydrogens is 326 g/mol. The number of nitrogens with one attached hydrogen (secondary N) is 1. The highest BCUT2D eigenvalue weighted by molar-refractivity contribution is 7.85. The molecular formula is C15H20ClNO4S. The molecule has 0 radical (unpaired) electrons. The zero-order chi connectivity index (χ0) is 16.1. The Morgan fingerprint density at radius 2 is 2.14 bits per heavy atom. The Kier molecular flexibility index (Phi) is 6.08. The van der Waals surface area contributed by atoms with Crippen molar-refractivity contribution in [3.05, 3.63) is 22.7 Å². The van der Waals surface area contributed by atoms with Gasteiger partial charge in [-0.3, -0.25) is 9.00 Å². The molecule has 122 valence electrons. The van der Waals surface area contributed by atoms with Gasteiger partial charge in [0, 0.05) is 23.1 Å². The zero-order valence-electron chi connectivity index (χ0n) is 12.7. The van der Waals surface area contributed by atoms with E-state index < -0.39 is 16.0 Å². The monoisotopic (exact) mass is 345 g/mol. The number of carbonyl (C=O) groups is 1. The molecule has 0 aliphatic carbocycles. The first-order valence-electron chi connectivity index (χ1n) is 7.25. The van der Waals surface area contributed by atoms with Crippen molar-refractivity contribution in [3.63, 3.8) is 0 Å². The van der Waals surface area contributed by atoms with Crippen LogP contribution in [0.2, 0.25) is 5.02 Å². The first-order chi connectivity index (χ1) is 10.5. The molecule has 1 aliphatic rings. The van der Waals surface area contributed by atoms with E-state index in [2.05, 4.69) is 5.32 Å². The number of hydrogen-bond donors (Lipinski definition) is 1. The minimum Gasteiger partial charge on any atom is -0.486 e. The molecule has 1 N–H and O–H groups in total. The SMILES string of the molecule is CCCNC(=O)C(C)S(=O)Cc1cc(Cl)c2c(c1)OCCO2. The van der Waals surface area contributed by atoms with Crippen LogP contribution in [0.5, 0.6) is 11.5 Å². The Balaban J connectivity index is 2.05. The van der Waals surface area contributed by atoms with Gasteiger partial charge in [0.15, 0.2) is 11.5 Å². The van der Waals surface area contributed by atoms with Crippen molar-refractivity contribution in [2.45, 2.75) is 31.3 Å². The Labute approximate surface area is 137 Å². The maximum absolute atomic E-state index is 12.3. The highest BCUT2D eigenvalue weighted by atomic mass is 35.5. The molecule has 2 unspecified atom stereocenters. The van der Waals surface area contributed by atoms with Gasteiger partial charge < -0.3 is 14.8 Å². The molecule has 1 heterocycles. The number of hydrogen-bond acceptors (Lipinski definition) is 4. The molecule has 5 nitrogen and oxygen atoms in total. The van der Waals surface area contributed by atoms with Gasteiger partial charge in [0.25, 0.3) is 0 Å². The normalized spacial score (nSPS) is 16.0. The minimum atomic E-state index is -1.33. The summed E-state index contributed by atoms with van der Waals surface area (Å²) in [5.74, 6) is 1.14. The van der Waals surface area contributed by atoms with E-state index in [9.17, 15) is 9.00 Å². The predicted octanol–water partition coefficient (Wildman–Crippen LogP) is 2.27. The van der Waals surface area contributed by atoms with Gasteiger partial charge >= 0.3 is 0 Å². The molecule has 0 bridgehead atoms. The third kappa shape index (κ3) is 4.14. The lowest BCUT2D eigenvalue weighted by molar-refractivity contribution is -0.120. The quantitative estimate of drug-likeness (QED) is 0.859. The van der Waals surface area contributed by atoms with E-state index in [4.69, 9.17) is 21.1 Å².